The fourth-order valence-corrected chi connectivity index (χ4v) is 1.49. The zero-order valence-electron chi connectivity index (χ0n) is 8.35. The smallest absolute Gasteiger partial charge is 0.225 e. The summed E-state index contributed by atoms with van der Waals surface area (Å²) in [7, 11) is 0. The normalized spacial score (nSPS) is 17.6. The molecule has 4 N–H and O–H groups in total. The summed E-state index contributed by atoms with van der Waals surface area (Å²) >= 11 is 0. The van der Waals surface area contributed by atoms with Crippen LogP contribution in [0.1, 0.15) is 12.8 Å². The summed E-state index contributed by atoms with van der Waals surface area (Å²) in [4.78, 5) is 7.72. The number of nitrogens with zero attached hydrogens (tertiary/aromatic N) is 2. The molecule has 6 heteroatoms. The lowest BCUT2D eigenvalue weighted by atomic mass is 10.2. The number of rotatable bonds is 2. The van der Waals surface area contributed by atoms with Gasteiger partial charge in [-0.25, -0.2) is 0 Å². The molecule has 6 nitrogen and oxygen atoms in total. The first-order chi connectivity index (χ1) is 7.24. The molecule has 1 aliphatic rings. The number of aromatic nitrogens is 2. The first-order valence-electron chi connectivity index (χ1n) is 4.88. The van der Waals surface area contributed by atoms with Crippen molar-refractivity contribution in [2.24, 2.45) is 0 Å². The maximum Gasteiger partial charge on any atom is 0.225 e. The number of nitrogens with two attached hydrogens (primary N) is 2. The molecule has 0 aromatic carbocycles. The Balaban J connectivity index is 2.02. The van der Waals surface area contributed by atoms with E-state index in [2.05, 4.69) is 9.97 Å². The Morgan fingerprint density at radius 3 is 2.67 bits per heavy atom. The van der Waals surface area contributed by atoms with Crippen LogP contribution < -0.4 is 16.2 Å². The third-order valence-electron chi connectivity index (χ3n) is 2.20. The lowest BCUT2D eigenvalue weighted by Crippen LogP contribution is -2.26. The van der Waals surface area contributed by atoms with Crippen LogP contribution in [0.4, 0.5) is 11.8 Å². The molecule has 0 radical (unpaired) electrons. The van der Waals surface area contributed by atoms with Gasteiger partial charge >= 0.3 is 0 Å². The van der Waals surface area contributed by atoms with Gasteiger partial charge in [0.15, 0.2) is 0 Å². The fourth-order valence-electron chi connectivity index (χ4n) is 1.49. The molecule has 0 amide bonds. The van der Waals surface area contributed by atoms with Crippen molar-refractivity contribution in [1.82, 2.24) is 9.97 Å². The van der Waals surface area contributed by atoms with Gasteiger partial charge in [0.25, 0.3) is 0 Å². The Morgan fingerprint density at radius 1 is 1.27 bits per heavy atom. The maximum atomic E-state index is 5.63. The van der Waals surface area contributed by atoms with Crippen LogP contribution in [-0.4, -0.2) is 29.3 Å². The van der Waals surface area contributed by atoms with Crippen LogP contribution in [0, 0.1) is 0 Å². The van der Waals surface area contributed by atoms with Crippen molar-refractivity contribution in [3.63, 3.8) is 0 Å². The molecule has 0 atom stereocenters. The second kappa shape index (κ2) is 4.31. The highest BCUT2D eigenvalue weighted by Gasteiger charge is 2.16. The molecule has 0 saturated carbocycles. The van der Waals surface area contributed by atoms with Crippen molar-refractivity contribution in [2.45, 2.75) is 18.9 Å². The monoisotopic (exact) mass is 210 g/mol. The van der Waals surface area contributed by atoms with Gasteiger partial charge in [0.05, 0.1) is 13.2 Å². The molecule has 2 rings (SSSR count). The van der Waals surface area contributed by atoms with E-state index in [-0.39, 0.29) is 12.1 Å². The second-order valence-corrected chi connectivity index (χ2v) is 3.42. The first-order valence-corrected chi connectivity index (χ1v) is 4.88. The summed E-state index contributed by atoms with van der Waals surface area (Å²) < 4.78 is 10.8. The lowest BCUT2D eigenvalue weighted by Gasteiger charge is -2.22. The number of hydrogen-bond acceptors (Lipinski definition) is 6. The van der Waals surface area contributed by atoms with Crippen LogP contribution in [0.2, 0.25) is 0 Å². The summed E-state index contributed by atoms with van der Waals surface area (Å²) in [6, 6.07) is 1.58. The molecule has 1 aromatic rings. The third-order valence-corrected chi connectivity index (χ3v) is 2.20. The third kappa shape index (κ3) is 2.69. The molecule has 0 spiro atoms. The van der Waals surface area contributed by atoms with Gasteiger partial charge in [0.2, 0.25) is 11.8 Å². The van der Waals surface area contributed by atoms with Crippen molar-refractivity contribution < 1.29 is 9.47 Å². The highest BCUT2D eigenvalue weighted by Crippen LogP contribution is 2.17. The summed E-state index contributed by atoms with van der Waals surface area (Å²) in [6.45, 7) is 1.45. The molecule has 0 aliphatic carbocycles. The van der Waals surface area contributed by atoms with E-state index < -0.39 is 0 Å². The van der Waals surface area contributed by atoms with Gasteiger partial charge in [0.1, 0.15) is 11.9 Å². The number of ether oxygens (including phenoxy) is 2. The molecule has 15 heavy (non-hydrogen) atoms. The molecule has 1 saturated heterocycles. The molecule has 2 heterocycles. The Kier molecular flexibility index (Phi) is 2.86. The SMILES string of the molecule is Nc1cc(OC2CCOCC2)nc(N)n1. The first kappa shape index (κ1) is 9.97. The largest absolute Gasteiger partial charge is 0.474 e. The van der Waals surface area contributed by atoms with Crippen LogP contribution in [0.25, 0.3) is 0 Å². The zero-order valence-corrected chi connectivity index (χ0v) is 8.35. The summed E-state index contributed by atoms with van der Waals surface area (Å²) in [5.41, 5.74) is 11.0. The predicted octanol–water partition coefficient (Wildman–Crippen LogP) is 0.199. The molecule has 82 valence electrons. The highest BCUT2D eigenvalue weighted by molar-refractivity contribution is 5.38. The van der Waals surface area contributed by atoms with Gasteiger partial charge in [-0.1, -0.05) is 0 Å². The van der Waals surface area contributed by atoms with E-state index in [4.69, 9.17) is 20.9 Å². The fraction of sp³-hybridized carbons (Fsp3) is 0.556. The standard InChI is InChI=1S/C9H14N4O2/c10-7-5-8(13-9(11)12-7)15-6-1-3-14-4-2-6/h5-6H,1-4H2,(H4,10,11,12,13). The van der Waals surface area contributed by atoms with Crippen molar-refractivity contribution in [3.05, 3.63) is 6.07 Å². The Morgan fingerprint density at radius 2 is 2.00 bits per heavy atom. The average Bonchev–Trinajstić information content (AvgIpc) is 2.17. The minimum Gasteiger partial charge on any atom is -0.474 e. The van der Waals surface area contributed by atoms with Crippen LogP contribution in [0.15, 0.2) is 6.07 Å². The van der Waals surface area contributed by atoms with Crippen molar-refractivity contribution >= 4 is 11.8 Å². The van der Waals surface area contributed by atoms with Crippen LogP contribution in [0.5, 0.6) is 5.88 Å². The van der Waals surface area contributed by atoms with Crippen LogP contribution in [-0.2, 0) is 4.74 Å². The Labute approximate surface area is 87.6 Å². The van der Waals surface area contributed by atoms with Crippen molar-refractivity contribution in [2.75, 3.05) is 24.7 Å². The molecule has 0 bridgehead atoms. The summed E-state index contributed by atoms with van der Waals surface area (Å²) in [5, 5.41) is 0. The molecule has 1 aliphatic heterocycles. The minimum absolute atomic E-state index is 0.132. The zero-order chi connectivity index (χ0) is 10.7. The molecular weight excluding hydrogens is 196 g/mol. The molecular formula is C9H14N4O2. The van der Waals surface area contributed by atoms with E-state index >= 15 is 0 Å². The van der Waals surface area contributed by atoms with Gasteiger partial charge in [-0.15, -0.1) is 0 Å². The quantitative estimate of drug-likeness (QED) is 0.723. The molecule has 1 aromatic heterocycles. The van der Waals surface area contributed by atoms with Crippen LogP contribution >= 0.6 is 0 Å². The van der Waals surface area contributed by atoms with E-state index in [1.54, 1.807) is 6.07 Å². The molecule has 0 unspecified atom stereocenters. The Hall–Kier alpha value is -1.56. The second-order valence-electron chi connectivity index (χ2n) is 3.42. The minimum atomic E-state index is 0.132. The van der Waals surface area contributed by atoms with E-state index in [9.17, 15) is 0 Å². The summed E-state index contributed by atoms with van der Waals surface area (Å²) in [5.74, 6) is 0.897. The molecule has 1 fully saturated rings. The van der Waals surface area contributed by atoms with E-state index in [1.807, 2.05) is 0 Å². The summed E-state index contributed by atoms with van der Waals surface area (Å²) in [6.07, 6.45) is 1.86. The van der Waals surface area contributed by atoms with Gasteiger partial charge in [-0.3, -0.25) is 0 Å². The number of hydrogen-bond donors (Lipinski definition) is 2. The van der Waals surface area contributed by atoms with Gasteiger partial charge < -0.3 is 20.9 Å². The lowest BCUT2D eigenvalue weighted by molar-refractivity contribution is 0.0238. The van der Waals surface area contributed by atoms with Gasteiger partial charge in [-0.05, 0) is 0 Å². The van der Waals surface area contributed by atoms with Gasteiger partial charge in [0, 0.05) is 18.9 Å². The van der Waals surface area contributed by atoms with E-state index in [0.717, 1.165) is 26.1 Å². The van der Waals surface area contributed by atoms with Crippen LogP contribution in [0.3, 0.4) is 0 Å². The maximum absolute atomic E-state index is 5.63. The number of nitrogen functional groups attached to an aromatic ring is 2. The topological polar surface area (TPSA) is 96.3 Å². The average molecular weight is 210 g/mol. The predicted molar refractivity (Wildman–Crippen MR) is 55.3 cm³/mol. The highest BCUT2D eigenvalue weighted by atomic mass is 16.5. The van der Waals surface area contributed by atoms with Gasteiger partial charge in [-0.2, -0.15) is 9.97 Å². The van der Waals surface area contributed by atoms with Crippen molar-refractivity contribution in [1.29, 1.82) is 0 Å². The number of anilines is 2. The van der Waals surface area contributed by atoms with Crippen molar-refractivity contribution in [3.8, 4) is 5.88 Å². The Bertz CT molecular complexity index is 319. The van der Waals surface area contributed by atoms with E-state index in [1.165, 1.54) is 0 Å². The van der Waals surface area contributed by atoms with E-state index in [0.29, 0.717) is 11.7 Å².